The molecular formula is C22H26FN3O2. The number of aliphatic imine (C=N–C) groups is 1. The number of nitrogens with one attached hydrogen (secondary N) is 1. The lowest BCUT2D eigenvalue weighted by atomic mass is 10.0. The lowest BCUT2D eigenvalue weighted by Gasteiger charge is -2.19. The van der Waals surface area contributed by atoms with Crippen molar-refractivity contribution in [3.05, 3.63) is 71.7 Å². The Kier molecular flexibility index (Phi) is 7.32. The molecule has 0 aliphatic carbocycles. The van der Waals surface area contributed by atoms with Gasteiger partial charge in [0.25, 0.3) is 0 Å². The van der Waals surface area contributed by atoms with Crippen molar-refractivity contribution < 1.29 is 13.9 Å². The smallest absolute Gasteiger partial charge is 0.407 e. The van der Waals surface area contributed by atoms with Crippen LogP contribution < -0.4 is 11.1 Å². The van der Waals surface area contributed by atoms with E-state index < -0.39 is 11.7 Å². The Hall–Kier alpha value is -3.15. The minimum absolute atomic E-state index is 0.304. The fourth-order valence-corrected chi connectivity index (χ4v) is 2.41. The van der Waals surface area contributed by atoms with E-state index in [-0.39, 0.29) is 5.82 Å². The van der Waals surface area contributed by atoms with Crippen molar-refractivity contribution in [2.75, 3.05) is 6.54 Å². The average Bonchev–Trinajstić information content (AvgIpc) is 2.63. The second-order valence-corrected chi connectivity index (χ2v) is 7.24. The number of hydrogen-bond acceptors (Lipinski definition) is 4. The van der Waals surface area contributed by atoms with Crippen LogP contribution in [0.4, 0.5) is 14.9 Å². The molecule has 1 amide bonds. The molecule has 2 aromatic carbocycles. The van der Waals surface area contributed by atoms with E-state index in [9.17, 15) is 9.18 Å². The normalized spacial score (nSPS) is 12.2. The van der Waals surface area contributed by atoms with Crippen LogP contribution in [0.1, 0.15) is 31.9 Å². The van der Waals surface area contributed by atoms with E-state index in [0.29, 0.717) is 18.7 Å². The Bertz CT molecular complexity index is 853. The van der Waals surface area contributed by atoms with Crippen LogP contribution in [-0.4, -0.2) is 24.5 Å². The number of hydrogen-bond donors (Lipinski definition) is 2. The Labute approximate surface area is 165 Å². The van der Waals surface area contributed by atoms with Crippen molar-refractivity contribution in [3.63, 3.8) is 0 Å². The highest BCUT2D eigenvalue weighted by Gasteiger charge is 2.15. The molecule has 5 nitrogen and oxygen atoms in total. The van der Waals surface area contributed by atoms with Crippen LogP contribution in [0.2, 0.25) is 0 Å². The van der Waals surface area contributed by atoms with Crippen LogP contribution in [0.25, 0.3) is 5.57 Å². The van der Waals surface area contributed by atoms with Gasteiger partial charge >= 0.3 is 6.09 Å². The van der Waals surface area contributed by atoms with Gasteiger partial charge < -0.3 is 15.8 Å². The molecule has 0 bridgehead atoms. The van der Waals surface area contributed by atoms with E-state index in [1.165, 1.54) is 18.3 Å². The number of amides is 1. The first kappa shape index (κ1) is 21.2. The molecule has 2 aromatic rings. The molecule has 148 valence electrons. The maximum absolute atomic E-state index is 13.0. The van der Waals surface area contributed by atoms with Crippen LogP contribution in [-0.2, 0) is 11.2 Å². The third kappa shape index (κ3) is 7.23. The molecular weight excluding hydrogens is 357 g/mol. The lowest BCUT2D eigenvalue weighted by molar-refractivity contribution is 0.0528. The third-order valence-corrected chi connectivity index (χ3v) is 3.70. The van der Waals surface area contributed by atoms with E-state index in [2.05, 4.69) is 10.3 Å². The molecule has 0 atom stereocenters. The van der Waals surface area contributed by atoms with Gasteiger partial charge in [0.05, 0.1) is 5.69 Å². The highest BCUT2D eigenvalue weighted by Crippen LogP contribution is 2.17. The SMILES string of the molecule is CC(C)(C)OC(=O)NCCc1cccc(C(C=Nc2ccc(F)cc2)=CN)c1. The molecule has 0 aromatic heterocycles. The van der Waals surface area contributed by atoms with Crippen LogP contribution in [0.5, 0.6) is 0 Å². The Morgan fingerprint density at radius 1 is 1.21 bits per heavy atom. The minimum atomic E-state index is -0.519. The molecule has 0 unspecified atom stereocenters. The fraction of sp³-hybridized carbons (Fsp3) is 0.273. The summed E-state index contributed by atoms with van der Waals surface area (Å²) < 4.78 is 18.2. The Balaban J connectivity index is 1.98. The summed E-state index contributed by atoms with van der Waals surface area (Å²) in [6.07, 6.45) is 3.34. The number of carbonyl (C=O) groups is 1. The fourth-order valence-electron chi connectivity index (χ4n) is 2.41. The van der Waals surface area contributed by atoms with E-state index in [4.69, 9.17) is 10.5 Å². The number of rotatable bonds is 6. The number of halogens is 1. The predicted molar refractivity (Wildman–Crippen MR) is 111 cm³/mol. The van der Waals surface area contributed by atoms with Gasteiger partial charge in [-0.2, -0.15) is 0 Å². The molecule has 0 fully saturated rings. The number of nitrogens with zero attached hydrogens (tertiary/aromatic N) is 1. The summed E-state index contributed by atoms with van der Waals surface area (Å²) >= 11 is 0. The monoisotopic (exact) mass is 383 g/mol. The van der Waals surface area contributed by atoms with E-state index in [1.807, 2.05) is 45.0 Å². The van der Waals surface area contributed by atoms with Crippen LogP contribution in [0.15, 0.2) is 59.7 Å². The summed E-state index contributed by atoms with van der Waals surface area (Å²) in [5.74, 6) is -0.304. The third-order valence-electron chi connectivity index (χ3n) is 3.70. The molecule has 0 saturated heterocycles. The molecule has 0 radical (unpaired) electrons. The minimum Gasteiger partial charge on any atom is -0.444 e. The second kappa shape index (κ2) is 9.69. The molecule has 0 heterocycles. The first-order valence-corrected chi connectivity index (χ1v) is 9.04. The Morgan fingerprint density at radius 2 is 1.93 bits per heavy atom. The van der Waals surface area contributed by atoms with Gasteiger partial charge in [0.1, 0.15) is 11.4 Å². The number of allylic oxidation sites excluding steroid dienone is 1. The standard InChI is InChI=1S/C22H26FN3O2/c1-22(2,3)28-21(27)25-12-11-16-5-4-6-17(13-16)18(14-24)15-26-20-9-7-19(23)8-10-20/h4-10,13-15H,11-12,24H2,1-3H3,(H,25,27). The summed E-state index contributed by atoms with van der Waals surface area (Å²) in [5, 5.41) is 2.74. The summed E-state index contributed by atoms with van der Waals surface area (Å²) in [6.45, 7) is 5.93. The summed E-state index contributed by atoms with van der Waals surface area (Å²) in [5.41, 5.74) is 8.57. The van der Waals surface area contributed by atoms with Crippen molar-refractivity contribution in [2.45, 2.75) is 32.8 Å². The van der Waals surface area contributed by atoms with Crippen molar-refractivity contribution in [3.8, 4) is 0 Å². The first-order chi connectivity index (χ1) is 13.3. The lowest BCUT2D eigenvalue weighted by Crippen LogP contribution is -2.33. The van der Waals surface area contributed by atoms with Gasteiger partial charge in [-0.05, 0) is 62.6 Å². The summed E-state index contributed by atoms with van der Waals surface area (Å²) in [4.78, 5) is 16.0. The zero-order valence-electron chi connectivity index (χ0n) is 16.4. The number of alkyl carbamates (subject to hydrolysis) is 1. The van der Waals surface area contributed by atoms with Crippen molar-refractivity contribution in [1.82, 2.24) is 5.32 Å². The van der Waals surface area contributed by atoms with Gasteiger partial charge in [0.15, 0.2) is 0 Å². The quantitative estimate of drug-likeness (QED) is 0.716. The molecule has 3 N–H and O–H groups in total. The second-order valence-electron chi connectivity index (χ2n) is 7.24. The van der Waals surface area contributed by atoms with Gasteiger partial charge in [0.2, 0.25) is 0 Å². The molecule has 0 aliphatic heterocycles. The zero-order valence-corrected chi connectivity index (χ0v) is 16.4. The number of nitrogens with two attached hydrogens (primary N) is 1. The first-order valence-electron chi connectivity index (χ1n) is 9.04. The van der Waals surface area contributed by atoms with Crippen LogP contribution >= 0.6 is 0 Å². The number of carbonyl (C=O) groups excluding carboxylic acids is 1. The topological polar surface area (TPSA) is 76.7 Å². The van der Waals surface area contributed by atoms with Gasteiger partial charge in [-0.3, -0.25) is 4.99 Å². The van der Waals surface area contributed by atoms with Gasteiger partial charge in [-0.25, -0.2) is 9.18 Å². The average molecular weight is 383 g/mol. The highest BCUT2D eigenvalue weighted by molar-refractivity contribution is 6.10. The summed E-state index contributed by atoms with van der Waals surface area (Å²) in [7, 11) is 0. The predicted octanol–water partition coefficient (Wildman–Crippen LogP) is 4.60. The van der Waals surface area contributed by atoms with Crippen molar-refractivity contribution in [2.24, 2.45) is 10.7 Å². The van der Waals surface area contributed by atoms with Gasteiger partial charge in [0, 0.05) is 24.5 Å². The maximum Gasteiger partial charge on any atom is 0.407 e. The van der Waals surface area contributed by atoms with E-state index in [0.717, 1.165) is 16.7 Å². The van der Waals surface area contributed by atoms with Crippen molar-refractivity contribution in [1.29, 1.82) is 0 Å². The maximum atomic E-state index is 13.0. The zero-order chi connectivity index (χ0) is 20.6. The van der Waals surface area contributed by atoms with Crippen molar-refractivity contribution >= 4 is 23.6 Å². The molecule has 0 aliphatic rings. The number of benzene rings is 2. The van der Waals surface area contributed by atoms with Gasteiger partial charge in [-0.1, -0.05) is 24.3 Å². The summed E-state index contributed by atoms with van der Waals surface area (Å²) in [6, 6.07) is 13.7. The van der Waals surface area contributed by atoms with Crippen LogP contribution in [0.3, 0.4) is 0 Å². The molecule has 6 heteroatoms. The number of ether oxygens (including phenoxy) is 1. The molecule has 28 heavy (non-hydrogen) atoms. The molecule has 2 rings (SSSR count). The Morgan fingerprint density at radius 3 is 2.57 bits per heavy atom. The largest absolute Gasteiger partial charge is 0.444 e. The molecule has 0 spiro atoms. The highest BCUT2D eigenvalue weighted by atomic mass is 19.1. The van der Waals surface area contributed by atoms with Gasteiger partial charge in [-0.15, -0.1) is 0 Å². The van der Waals surface area contributed by atoms with E-state index >= 15 is 0 Å². The molecule has 0 saturated carbocycles. The van der Waals surface area contributed by atoms with Crippen LogP contribution in [0, 0.1) is 5.82 Å². The van der Waals surface area contributed by atoms with E-state index in [1.54, 1.807) is 18.3 Å².